The zero-order valence-electron chi connectivity index (χ0n) is 7.53. The van der Waals surface area contributed by atoms with Gasteiger partial charge in [0.1, 0.15) is 6.17 Å². The van der Waals surface area contributed by atoms with Gasteiger partial charge in [-0.2, -0.15) is 5.10 Å². The second-order valence-electron chi connectivity index (χ2n) is 3.58. The summed E-state index contributed by atoms with van der Waals surface area (Å²) in [7, 11) is 0. The van der Waals surface area contributed by atoms with Gasteiger partial charge in [0.15, 0.2) is 0 Å². The van der Waals surface area contributed by atoms with Crippen LogP contribution in [0.2, 0.25) is 0 Å². The number of amides is 1. The monoisotopic (exact) mass is 190 g/mol. The molecule has 3 aliphatic rings. The highest BCUT2D eigenvalue weighted by molar-refractivity contribution is 6.08. The van der Waals surface area contributed by atoms with Crippen LogP contribution in [0.4, 0.5) is 0 Å². The number of aliphatic imine (C=N–C) groups is 1. The van der Waals surface area contributed by atoms with E-state index >= 15 is 0 Å². The second kappa shape index (κ2) is 2.67. The third-order valence-electron chi connectivity index (χ3n) is 2.78. The van der Waals surface area contributed by atoms with Crippen LogP contribution in [0.15, 0.2) is 21.7 Å². The Bertz CT molecular complexity index is 382. The number of hydrogen-bond acceptors (Lipinski definition) is 4. The number of allylic oxidation sites excluding steroid dienone is 1. The van der Waals surface area contributed by atoms with E-state index in [4.69, 9.17) is 0 Å². The summed E-state index contributed by atoms with van der Waals surface area (Å²) < 4.78 is 0. The first-order valence-electron chi connectivity index (χ1n) is 4.70. The summed E-state index contributed by atoms with van der Waals surface area (Å²) in [5, 5.41) is 7.07. The third-order valence-corrected chi connectivity index (χ3v) is 2.78. The molecule has 2 unspecified atom stereocenters. The maximum absolute atomic E-state index is 11.6. The van der Waals surface area contributed by atoms with Gasteiger partial charge in [-0.25, -0.2) is 0 Å². The Morgan fingerprint density at radius 3 is 3.36 bits per heavy atom. The lowest BCUT2D eigenvalue weighted by Crippen LogP contribution is -2.35. The molecular weight excluding hydrogens is 180 g/mol. The maximum atomic E-state index is 11.6. The standard InChI is InChI=1S/C9H10N4O/c14-9-5-1-3-10-8-7(5)6(12-13-8)2-4-11-9/h1,3,7-8,13H,2,4H2,(H,11,14). The van der Waals surface area contributed by atoms with E-state index in [-0.39, 0.29) is 18.0 Å². The zero-order valence-corrected chi connectivity index (χ0v) is 7.53. The first kappa shape index (κ1) is 7.73. The van der Waals surface area contributed by atoms with Crippen molar-refractivity contribution in [2.45, 2.75) is 12.6 Å². The molecule has 0 radical (unpaired) electrons. The molecule has 1 amide bonds. The van der Waals surface area contributed by atoms with Crippen molar-refractivity contribution in [2.75, 3.05) is 6.54 Å². The summed E-state index contributed by atoms with van der Waals surface area (Å²) in [6, 6.07) is 0. The van der Waals surface area contributed by atoms with E-state index in [9.17, 15) is 4.79 Å². The molecule has 3 rings (SSSR count). The molecular formula is C9H10N4O. The predicted octanol–water partition coefficient (Wildman–Crippen LogP) is -0.581. The molecule has 72 valence electrons. The van der Waals surface area contributed by atoms with Gasteiger partial charge in [0.2, 0.25) is 5.91 Å². The zero-order chi connectivity index (χ0) is 9.54. The average Bonchev–Trinajstić information content (AvgIpc) is 2.53. The van der Waals surface area contributed by atoms with Gasteiger partial charge < -0.3 is 5.32 Å². The molecule has 3 aliphatic heterocycles. The van der Waals surface area contributed by atoms with Crippen LogP contribution < -0.4 is 10.7 Å². The van der Waals surface area contributed by atoms with Crippen molar-refractivity contribution < 1.29 is 4.79 Å². The maximum Gasteiger partial charge on any atom is 0.248 e. The van der Waals surface area contributed by atoms with Crippen LogP contribution in [0, 0.1) is 5.92 Å². The molecule has 14 heavy (non-hydrogen) atoms. The Hall–Kier alpha value is -1.65. The number of nitrogens with zero attached hydrogens (tertiary/aromatic N) is 2. The van der Waals surface area contributed by atoms with Crippen molar-refractivity contribution in [3.05, 3.63) is 11.6 Å². The molecule has 3 heterocycles. The number of rotatable bonds is 0. The van der Waals surface area contributed by atoms with Gasteiger partial charge in [-0.15, -0.1) is 0 Å². The normalized spacial score (nSPS) is 33.6. The molecule has 0 spiro atoms. The van der Waals surface area contributed by atoms with Crippen molar-refractivity contribution in [2.24, 2.45) is 16.0 Å². The van der Waals surface area contributed by atoms with E-state index in [0.29, 0.717) is 6.54 Å². The molecule has 5 nitrogen and oxygen atoms in total. The quantitative estimate of drug-likeness (QED) is 0.536. The van der Waals surface area contributed by atoms with Crippen LogP contribution in [0.25, 0.3) is 0 Å². The number of hydrogen-bond donors (Lipinski definition) is 2. The lowest BCUT2D eigenvalue weighted by Gasteiger charge is -2.19. The summed E-state index contributed by atoms with van der Waals surface area (Å²) in [6.07, 6.45) is 4.21. The van der Waals surface area contributed by atoms with Crippen LogP contribution in [0.3, 0.4) is 0 Å². The highest BCUT2D eigenvalue weighted by atomic mass is 16.1. The number of dihydropyridines is 1. The molecule has 1 fully saturated rings. The lowest BCUT2D eigenvalue weighted by atomic mass is 9.89. The Labute approximate surface area is 81.0 Å². The number of carbonyl (C=O) groups is 1. The average molecular weight is 190 g/mol. The molecule has 0 aromatic heterocycles. The number of hydrazone groups is 1. The van der Waals surface area contributed by atoms with Gasteiger partial charge in [0, 0.05) is 24.8 Å². The van der Waals surface area contributed by atoms with E-state index in [1.807, 2.05) is 0 Å². The highest BCUT2D eigenvalue weighted by Crippen LogP contribution is 2.28. The molecule has 1 saturated heterocycles. The highest BCUT2D eigenvalue weighted by Gasteiger charge is 2.39. The van der Waals surface area contributed by atoms with Crippen LogP contribution >= 0.6 is 0 Å². The first-order chi connectivity index (χ1) is 6.86. The van der Waals surface area contributed by atoms with Gasteiger partial charge in [0.25, 0.3) is 0 Å². The Balaban J connectivity index is 2.08. The van der Waals surface area contributed by atoms with Crippen LogP contribution in [-0.2, 0) is 4.79 Å². The van der Waals surface area contributed by atoms with Gasteiger partial charge in [0.05, 0.1) is 11.6 Å². The molecule has 0 aromatic rings. The predicted molar refractivity (Wildman–Crippen MR) is 52.1 cm³/mol. The van der Waals surface area contributed by atoms with Gasteiger partial charge in [-0.05, 0) is 6.08 Å². The molecule has 0 bridgehead atoms. The minimum Gasteiger partial charge on any atom is -0.352 e. The van der Waals surface area contributed by atoms with E-state index in [0.717, 1.165) is 17.7 Å². The minimum absolute atomic E-state index is 0.0139. The van der Waals surface area contributed by atoms with Crippen molar-refractivity contribution >= 4 is 17.8 Å². The molecule has 0 saturated carbocycles. The number of nitrogens with one attached hydrogen (secondary N) is 2. The van der Waals surface area contributed by atoms with Crippen molar-refractivity contribution in [3.8, 4) is 0 Å². The first-order valence-corrected chi connectivity index (χ1v) is 4.70. The SMILES string of the molecule is O=C1NCCC2=NNC3N=CC=C1C23. The fourth-order valence-corrected chi connectivity index (χ4v) is 2.10. The largest absolute Gasteiger partial charge is 0.352 e. The smallest absolute Gasteiger partial charge is 0.248 e. The fraction of sp³-hybridized carbons (Fsp3) is 0.444. The topological polar surface area (TPSA) is 65.8 Å². The summed E-state index contributed by atoms with van der Waals surface area (Å²) in [5.74, 6) is 0.0718. The van der Waals surface area contributed by atoms with Crippen molar-refractivity contribution in [1.82, 2.24) is 10.7 Å². The lowest BCUT2D eigenvalue weighted by molar-refractivity contribution is -0.117. The minimum atomic E-state index is -0.0613. The number of carbonyl (C=O) groups excluding carboxylic acids is 1. The third kappa shape index (κ3) is 0.921. The van der Waals surface area contributed by atoms with Crippen LogP contribution in [0.1, 0.15) is 6.42 Å². The van der Waals surface area contributed by atoms with Crippen molar-refractivity contribution in [1.29, 1.82) is 0 Å². The van der Waals surface area contributed by atoms with Gasteiger partial charge in [-0.1, -0.05) is 0 Å². The summed E-state index contributed by atoms with van der Waals surface area (Å²) in [6.45, 7) is 0.667. The van der Waals surface area contributed by atoms with Crippen LogP contribution in [0.5, 0.6) is 0 Å². The summed E-state index contributed by atoms with van der Waals surface area (Å²) >= 11 is 0. The van der Waals surface area contributed by atoms with E-state index < -0.39 is 0 Å². The molecule has 2 N–H and O–H groups in total. The van der Waals surface area contributed by atoms with Crippen molar-refractivity contribution in [3.63, 3.8) is 0 Å². The summed E-state index contributed by atoms with van der Waals surface area (Å²) in [4.78, 5) is 15.9. The Kier molecular flexibility index (Phi) is 1.47. The van der Waals surface area contributed by atoms with Crippen LogP contribution in [-0.4, -0.2) is 30.5 Å². The molecule has 5 heteroatoms. The molecule has 0 aromatic carbocycles. The van der Waals surface area contributed by atoms with E-state index in [1.165, 1.54) is 0 Å². The Morgan fingerprint density at radius 2 is 2.43 bits per heavy atom. The van der Waals surface area contributed by atoms with E-state index in [1.54, 1.807) is 12.3 Å². The van der Waals surface area contributed by atoms with E-state index in [2.05, 4.69) is 20.8 Å². The summed E-state index contributed by atoms with van der Waals surface area (Å²) in [5.41, 5.74) is 4.77. The second-order valence-corrected chi connectivity index (χ2v) is 3.58. The Morgan fingerprint density at radius 1 is 1.50 bits per heavy atom. The van der Waals surface area contributed by atoms with Gasteiger partial charge in [-0.3, -0.25) is 15.2 Å². The van der Waals surface area contributed by atoms with Gasteiger partial charge >= 0.3 is 0 Å². The molecule has 0 aliphatic carbocycles. The fourth-order valence-electron chi connectivity index (χ4n) is 2.10. The molecule has 2 atom stereocenters.